The average Bonchev–Trinajstić information content (AvgIpc) is 2.85. The molecule has 0 bridgehead atoms. The van der Waals surface area contributed by atoms with Crippen molar-refractivity contribution < 1.29 is 4.79 Å². The van der Waals surface area contributed by atoms with Crippen LogP contribution in [0.2, 0.25) is 0 Å². The number of hydrogen-bond donors (Lipinski definition) is 1. The molecule has 0 aromatic heterocycles. The summed E-state index contributed by atoms with van der Waals surface area (Å²) in [5, 5.41) is 0. The molecule has 0 heterocycles. The van der Waals surface area contributed by atoms with E-state index >= 15 is 0 Å². The van der Waals surface area contributed by atoms with E-state index in [9.17, 15) is 4.79 Å². The zero-order chi connectivity index (χ0) is 10.0. The van der Waals surface area contributed by atoms with E-state index in [0.29, 0.717) is 11.5 Å². The molecular weight excluding hydrogens is 184 g/mol. The van der Waals surface area contributed by atoms with Gasteiger partial charge in [-0.3, -0.25) is 4.79 Å². The number of nitrogens with two attached hydrogens (primary N) is 1. The fourth-order valence-electron chi connectivity index (χ4n) is 1.23. The molecular formula is C9H16N2OS. The standard InChI is InChI=1S/C9H16N2OS/c1-6(8(10)13)5-11(2)9(12)7-3-4-7/h6-7H,3-5H2,1-2H3,(H2,10,13). The van der Waals surface area contributed by atoms with Crippen LogP contribution in [-0.4, -0.2) is 29.4 Å². The first-order valence-electron chi connectivity index (χ1n) is 4.56. The lowest BCUT2D eigenvalue weighted by atomic mass is 10.1. The highest BCUT2D eigenvalue weighted by Gasteiger charge is 2.32. The van der Waals surface area contributed by atoms with Gasteiger partial charge in [0, 0.05) is 25.4 Å². The molecule has 1 amide bonds. The summed E-state index contributed by atoms with van der Waals surface area (Å²) in [5.74, 6) is 0.634. The van der Waals surface area contributed by atoms with E-state index in [2.05, 4.69) is 0 Å². The maximum absolute atomic E-state index is 11.5. The molecule has 0 spiro atoms. The smallest absolute Gasteiger partial charge is 0.225 e. The molecule has 1 fully saturated rings. The van der Waals surface area contributed by atoms with E-state index in [-0.39, 0.29) is 17.7 Å². The normalized spacial score (nSPS) is 18.0. The van der Waals surface area contributed by atoms with Crippen molar-refractivity contribution in [1.82, 2.24) is 4.90 Å². The predicted molar refractivity (Wildman–Crippen MR) is 56.3 cm³/mol. The molecule has 0 aromatic rings. The molecule has 1 aliphatic rings. The molecule has 1 saturated carbocycles. The first-order valence-corrected chi connectivity index (χ1v) is 4.97. The van der Waals surface area contributed by atoms with Crippen LogP contribution in [0.25, 0.3) is 0 Å². The Morgan fingerprint density at radius 3 is 2.62 bits per heavy atom. The van der Waals surface area contributed by atoms with Crippen LogP contribution >= 0.6 is 12.2 Å². The summed E-state index contributed by atoms with van der Waals surface area (Å²) in [7, 11) is 1.81. The molecule has 13 heavy (non-hydrogen) atoms. The quantitative estimate of drug-likeness (QED) is 0.682. The van der Waals surface area contributed by atoms with Crippen LogP contribution in [0.1, 0.15) is 19.8 Å². The second-order valence-corrected chi connectivity index (χ2v) is 4.27. The molecule has 4 heteroatoms. The van der Waals surface area contributed by atoms with Crippen LogP contribution in [0.4, 0.5) is 0 Å². The van der Waals surface area contributed by atoms with Crippen molar-refractivity contribution in [2.24, 2.45) is 17.6 Å². The molecule has 1 atom stereocenters. The van der Waals surface area contributed by atoms with Crippen molar-refractivity contribution in [2.75, 3.05) is 13.6 Å². The highest BCUT2D eigenvalue weighted by Crippen LogP contribution is 2.30. The van der Waals surface area contributed by atoms with Gasteiger partial charge in [0.1, 0.15) is 0 Å². The molecule has 3 nitrogen and oxygen atoms in total. The molecule has 0 aromatic carbocycles. The minimum Gasteiger partial charge on any atom is -0.393 e. The topological polar surface area (TPSA) is 46.3 Å². The van der Waals surface area contributed by atoms with E-state index < -0.39 is 0 Å². The monoisotopic (exact) mass is 200 g/mol. The Balaban J connectivity index is 2.34. The lowest BCUT2D eigenvalue weighted by Crippen LogP contribution is -2.36. The maximum Gasteiger partial charge on any atom is 0.225 e. The molecule has 1 aliphatic carbocycles. The number of thiocarbonyl (C=S) groups is 1. The molecule has 74 valence electrons. The first-order chi connectivity index (χ1) is 6.02. The average molecular weight is 200 g/mol. The van der Waals surface area contributed by atoms with Crippen LogP contribution in [0, 0.1) is 11.8 Å². The lowest BCUT2D eigenvalue weighted by molar-refractivity contribution is -0.131. The van der Waals surface area contributed by atoms with Gasteiger partial charge in [0.05, 0.1) is 4.99 Å². The summed E-state index contributed by atoms with van der Waals surface area (Å²) in [6, 6.07) is 0. The Hall–Kier alpha value is -0.640. The highest BCUT2D eigenvalue weighted by atomic mass is 32.1. The van der Waals surface area contributed by atoms with Crippen molar-refractivity contribution in [2.45, 2.75) is 19.8 Å². The van der Waals surface area contributed by atoms with Gasteiger partial charge in [-0.05, 0) is 12.8 Å². The predicted octanol–water partition coefficient (Wildman–Crippen LogP) is 0.777. The van der Waals surface area contributed by atoms with Crippen molar-refractivity contribution in [3.63, 3.8) is 0 Å². The van der Waals surface area contributed by atoms with E-state index in [1.165, 1.54) is 0 Å². The number of amides is 1. The minimum absolute atomic E-state index is 0.114. The Morgan fingerprint density at radius 1 is 1.69 bits per heavy atom. The first kappa shape index (κ1) is 10.4. The van der Waals surface area contributed by atoms with Crippen molar-refractivity contribution in [3.8, 4) is 0 Å². The summed E-state index contributed by atoms with van der Waals surface area (Å²) in [5.41, 5.74) is 5.47. The number of rotatable bonds is 4. The van der Waals surface area contributed by atoms with Crippen molar-refractivity contribution >= 4 is 23.1 Å². The summed E-state index contributed by atoms with van der Waals surface area (Å²) in [6.07, 6.45) is 2.09. The Bertz CT molecular complexity index is 226. The Morgan fingerprint density at radius 2 is 2.23 bits per heavy atom. The molecule has 0 radical (unpaired) electrons. The Labute approximate surface area is 84.3 Å². The number of nitrogens with zero attached hydrogens (tertiary/aromatic N) is 1. The Kier molecular flexibility index (Phi) is 3.25. The largest absolute Gasteiger partial charge is 0.393 e. The third-order valence-electron chi connectivity index (χ3n) is 2.34. The molecule has 2 N–H and O–H groups in total. The van der Waals surface area contributed by atoms with Crippen LogP contribution in [0.5, 0.6) is 0 Å². The van der Waals surface area contributed by atoms with Gasteiger partial charge in [0.25, 0.3) is 0 Å². The van der Waals surface area contributed by atoms with Crippen LogP contribution < -0.4 is 5.73 Å². The van der Waals surface area contributed by atoms with E-state index in [1.54, 1.807) is 4.90 Å². The molecule has 0 aliphatic heterocycles. The highest BCUT2D eigenvalue weighted by molar-refractivity contribution is 7.80. The van der Waals surface area contributed by atoms with Crippen LogP contribution in [-0.2, 0) is 4.79 Å². The van der Waals surface area contributed by atoms with Gasteiger partial charge in [-0.15, -0.1) is 0 Å². The fourth-order valence-corrected chi connectivity index (χ4v) is 1.31. The summed E-state index contributed by atoms with van der Waals surface area (Å²) >= 11 is 4.84. The SMILES string of the molecule is CC(CN(C)C(=O)C1CC1)C(N)=S. The lowest BCUT2D eigenvalue weighted by Gasteiger charge is -2.20. The van der Waals surface area contributed by atoms with E-state index in [1.807, 2.05) is 14.0 Å². The second kappa shape index (κ2) is 4.05. The second-order valence-electron chi connectivity index (χ2n) is 3.80. The third kappa shape index (κ3) is 2.95. The van der Waals surface area contributed by atoms with Gasteiger partial charge in [-0.2, -0.15) is 0 Å². The summed E-state index contributed by atoms with van der Waals surface area (Å²) < 4.78 is 0. The van der Waals surface area contributed by atoms with Gasteiger partial charge in [-0.25, -0.2) is 0 Å². The number of hydrogen-bond acceptors (Lipinski definition) is 2. The summed E-state index contributed by atoms with van der Waals surface area (Å²) in [6.45, 7) is 2.59. The fraction of sp³-hybridized carbons (Fsp3) is 0.778. The number of carbonyl (C=O) groups is 1. The van der Waals surface area contributed by atoms with Crippen LogP contribution in [0.3, 0.4) is 0 Å². The zero-order valence-corrected chi connectivity index (χ0v) is 8.93. The molecule has 1 rings (SSSR count). The van der Waals surface area contributed by atoms with Gasteiger partial charge in [-0.1, -0.05) is 19.1 Å². The van der Waals surface area contributed by atoms with Gasteiger partial charge in [0.15, 0.2) is 0 Å². The van der Waals surface area contributed by atoms with E-state index in [0.717, 1.165) is 12.8 Å². The zero-order valence-electron chi connectivity index (χ0n) is 8.12. The van der Waals surface area contributed by atoms with Gasteiger partial charge >= 0.3 is 0 Å². The van der Waals surface area contributed by atoms with Crippen molar-refractivity contribution in [3.05, 3.63) is 0 Å². The molecule has 0 saturated heterocycles. The molecule has 1 unspecified atom stereocenters. The van der Waals surface area contributed by atoms with Crippen LogP contribution in [0.15, 0.2) is 0 Å². The van der Waals surface area contributed by atoms with Gasteiger partial charge in [0.2, 0.25) is 5.91 Å². The minimum atomic E-state index is 0.114. The van der Waals surface area contributed by atoms with E-state index in [4.69, 9.17) is 18.0 Å². The number of carbonyl (C=O) groups excluding carboxylic acids is 1. The van der Waals surface area contributed by atoms with Crippen molar-refractivity contribution in [1.29, 1.82) is 0 Å². The maximum atomic E-state index is 11.5. The third-order valence-corrected chi connectivity index (χ3v) is 2.74. The summed E-state index contributed by atoms with van der Waals surface area (Å²) in [4.78, 5) is 13.7. The van der Waals surface area contributed by atoms with Gasteiger partial charge < -0.3 is 10.6 Å².